The fourth-order valence-electron chi connectivity index (χ4n) is 1.71. The molecule has 1 N–H and O–H groups in total. The molecule has 1 aromatic carbocycles. The minimum absolute atomic E-state index is 0.0106. The molecule has 0 aliphatic carbocycles. The van der Waals surface area contributed by atoms with Gasteiger partial charge in [0.15, 0.2) is 5.58 Å². The highest BCUT2D eigenvalue weighted by Crippen LogP contribution is 2.20. The van der Waals surface area contributed by atoms with Crippen LogP contribution in [-0.4, -0.2) is 17.6 Å². The molecule has 0 aliphatic heterocycles. The standard InChI is InChI=1S/C13H16N2O2/c1-3-6-14-13(16)8-11-10-7-9(2)4-5-12(10)17-15-11/h4-5,7H,3,6,8H2,1-2H3,(H,14,16). The first-order valence-corrected chi connectivity index (χ1v) is 5.82. The predicted molar refractivity (Wildman–Crippen MR) is 65.8 cm³/mol. The van der Waals surface area contributed by atoms with Gasteiger partial charge in [0, 0.05) is 11.9 Å². The molecule has 0 fully saturated rings. The van der Waals surface area contributed by atoms with Crippen LogP contribution in [0.1, 0.15) is 24.6 Å². The number of aryl methyl sites for hydroxylation is 1. The van der Waals surface area contributed by atoms with Crippen molar-refractivity contribution in [2.24, 2.45) is 0 Å². The first-order valence-electron chi connectivity index (χ1n) is 5.82. The maximum Gasteiger partial charge on any atom is 0.226 e. The molecule has 1 amide bonds. The van der Waals surface area contributed by atoms with E-state index in [0.29, 0.717) is 12.2 Å². The van der Waals surface area contributed by atoms with E-state index in [0.717, 1.165) is 23.0 Å². The summed E-state index contributed by atoms with van der Waals surface area (Å²) in [7, 11) is 0. The molecular formula is C13H16N2O2. The van der Waals surface area contributed by atoms with Gasteiger partial charge in [-0.1, -0.05) is 23.7 Å². The molecule has 4 heteroatoms. The van der Waals surface area contributed by atoms with Crippen LogP contribution in [0, 0.1) is 6.92 Å². The van der Waals surface area contributed by atoms with Crippen LogP contribution >= 0.6 is 0 Å². The number of rotatable bonds is 4. The second kappa shape index (κ2) is 4.99. The van der Waals surface area contributed by atoms with Crippen LogP contribution in [0.25, 0.3) is 11.0 Å². The van der Waals surface area contributed by atoms with Crippen LogP contribution in [0.2, 0.25) is 0 Å². The van der Waals surface area contributed by atoms with Crippen LogP contribution in [0.4, 0.5) is 0 Å². The topological polar surface area (TPSA) is 55.1 Å². The second-order valence-electron chi connectivity index (χ2n) is 4.16. The van der Waals surface area contributed by atoms with Gasteiger partial charge in [-0.25, -0.2) is 0 Å². The van der Waals surface area contributed by atoms with Crippen LogP contribution < -0.4 is 5.32 Å². The lowest BCUT2D eigenvalue weighted by atomic mass is 10.1. The highest BCUT2D eigenvalue weighted by Gasteiger charge is 2.11. The molecule has 0 unspecified atom stereocenters. The SMILES string of the molecule is CCCNC(=O)Cc1noc2ccc(C)cc12. The predicted octanol–water partition coefficient (Wildman–Crippen LogP) is 2.20. The highest BCUT2D eigenvalue weighted by molar-refractivity contribution is 5.86. The molecule has 4 nitrogen and oxygen atoms in total. The molecule has 2 rings (SSSR count). The third kappa shape index (κ3) is 2.64. The molecule has 0 saturated heterocycles. The summed E-state index contributed by atoms with van der Waals surface area (Å²) in [5.74, 6) is -0.0106. The number of carbonyl (C=O) groups excluding carboxylic acids is 1. The van der Waals surface area contributed by atoms with E-state index in [-0.39, 0.29) is 12.3 Å². The minimum atomic E-state index is -0.0106. The Kier molecular flexibility index (Phi) is 3.42. The fraction of sp³-hybridized carbons (Fsp3) is 0.385. The summed E-state index contributed by atoms with van der Waals surface area (Å²) in [6.45, 7) is 4.73. The van der Waals surface area contributed by atoms with E-state index >= 15 is 0 Å². The van der Waals surface area contributed by atoms with Crippen molar-refractivity contribution in [3.63, 3.8) is 0 Å². The largest absolute Gasteiger partial charge is 0.356 e. The first kappa shape index (κ1) is 11.6. The van der Waals surface area contributed by atoms with Crippen molar-refractivity contribution < 1.29 is 9.32 Å². The average molecular weight is 232 g/mol. The Morgan fingerprint density at radius 3 is 3.06 bits per heavy atom. The molecular weight excluding hydrogens is 216 g/mol. The molecule has 90 valence electrons. The van der Waals surface area contributed by atoms with E-state index in [1.807, 2.05) is 32.0 Å². The third-order valence-electron chi connectivity index (χ3n) is 2.60. The summed E-state index contributed by atoms with van der Waals surface area (Å²) in [6.07, 6.45) is 1.21. The third-order valence-corrected chi connectivity index (χ3v) is 2.60. The van der Waals surface area contributed by atoms with E-state index < -0.39 is 0 Å². The van der Waals surface area contributed by atoms with Crippen LogP contribution in [0.15, 0.2) is 22.7 Å². The second-order valence-corrected chi connectivity index (χ2v) is 4.16. The van der Waals surface area contributed by atoms with E-state index in [4.69, 9.17) is 4.52 Å². The normalized spacial score (nSPS) is 10.7. The molecule has 1 aromatic heterocycles. The number of aromatic nitrogens is 1. The first-order chi connectivity index (χ1) is 8.20. The summed E-state index contributed by atoms with van der Waals surface area (Å²) in [5.41, 5.74) is 2.57. The van der Waals surface area contributed by atoms with Gasteiger partial charge in [-0.3, -0.25) is 4.79 Å². The lowest BCUT2D eigenvalue weighted by molar-refractivity contribution is -0.120. The summed E-state index contributed by atoms with van der Waals surface area (Å²) < 4.78 is 5.18. The van der Waals surface area contributed by atoms with Crippen LogP contribution in [0.3, 0.4) is 0 Å². The maximum atomic E-state index is 11.6. The number of carbonyl (C=O) groups is 1. The fourth-order valence-corrected chi connectivity index (χ4v) is 1.71. The quantitative estimate of drug-likeness (QED) is 0.879. The van der Waals surface area contributed by atoms with E-state index in [1.54, 1.807) is 0 Å². The number of benzene rings is 1. The monoisotopic (exact) mass is 232 g/mol. The molecule has 0 aliphatic rings. The number of fused-ring (bicyclic) bond motifs is 1. The Morgan fingerprint density at radius 2 is 2.29 bits per heavy atom. The van der Waals surface area contributed by atoms with Crippen LogP contribution in [-0.2, 0) is 11.2 Å². The zero-order chi connectivity index (χ0) is 12.3. The van der Waals surface area contributed by atoms with E-state index in [1.165, 1.54) is 0 Å². The van der Waals surface area contributed by atoms with Gasteiger partial charge in [0.2, 0.25) is 5.91 Å². The summed E-state index contributed by atoms with van der Waals surface area (Å²) in [6, 6.07) is 5.84. The van der Waals surface area contributed by atoms with E-state index in [2.05, 4.69) is 10.5 Å². The Balaban J connectivity index is 2.18. The number of amides is 1. The number of hydrogen-bond donors (Lipinski definition) is 1. The van der Waals surface area contributed by atoms with Gasteiger partial charge in [-0.15, -0.1) is 0 Å². The Labute approximate surface area is 100.0 Å². The van der Waals surface area contributed by atoms with E-state index in [9.17, 15) is 4.79 Å². The molecule has 0 spiro atoms. The van der Waals surface area contributed by atoms with Gasteiger partial charge in [-0.2, -0.15) is 0 Å². The van der Waals surface area contributed by atoms with Gasteiger partial charge in [0.25, 0.3) is 0 Å². The summed E-state index contributed by atoms with van der Waals surface area (Å²) in [5, 5.41) is 7.71. The molecule has 17 heavy (non-hydrogen) atoms. The number of nitrogens with zero attached hydrogens (tertiary/aromatic N) is 1. The average Bonchev–Trinajstić information content (AvgIpc) is 2.69. The zero-order valence-electron chi connectivity index (χ0n) is 10.1. The van der Waals surface area contributed by atoms with Gasteiger partial charge in [-0.05, 0) is 25.5 Å². The molecule has 2 aromatic rings. The lowest BCUT2D eigenvalue weighted by Crippen LogP contribution is -2.25. The molecule has 1 heterocycles. The zero-order valence-corrected chi connectivity index (χ0v) is 10.1. The Morgan fingerprint density at radius 1 is 1.47 bits per heavy atom. The summed E-state index contributed by atoms with van der Waals surface area (Å²) in [4.78, 5) is 11.6. The van der Waals surface area contributed by atoms with Crippen molar-refractivity contribution in [3.8, 4) is 0 Å². The molecule has 0 saturated carbocycles. The van der Waals surface area contributed by atoms with Crippen molar-refractivity contribution in [3.05, 3.63) is 29.5 Å². The van der Waals surface area contributed by atoms with Crippen molar-refractivity contribution in [1.82, 2.24) is 10.5 Å². The van der Waals surface area contributed by atoms with Crippen molar-refractivity contribution >= 4 is 16.9 Å². The summed E-state index contributed by atoms with van der Waals surface area (Å²) >= 11 is 0. The lowest BCUT2D eigenvalue weighted by Gasteiger charge is -2.00. The minimum Gasteiger partial charge on any atom is -0.356 e. The van der Waals surface area contributed by atoms with Crippen molar-refractivity contribution in [2.75, 3.05) is 6.54 Å². The Hall–Kier alpha value is -1.84. The van der Waals surface area contributed by atoms with Gasteiger partial charge < -0.3 is 9.84 Å². The van der Waals surface area contributed by atoms with Crippen molar-refractivity contribution in [1.29, 1.82) is 0 Å². The van der Waals surface area contributed by atoms with Crippen LogP contribution in [0.5, 0.6) is 0 Å². The molecule has 0 atom stereocenters. The highest BCUT2D eigenvalue weighted by atomic mass is 16.5. The smallest absolute Gasteiger partial charge is 0.226 e. The number of hydrogen-bond acceptors (Lipinski definition) is 3. The molecule has 0 radical (unpaired) electrons. The van der Waals surface area contributed by atoms with Crippen molar-refractivity contribution in [2.45, 2.75) is 26.7 Å². The van der Waals surface area contributed by atoms with Gasteiger partial charge in [0.05, 0.1) is 6.42 Å². The maximum absolute atomic E-state index is 11.6. The van der Waals surface area contributed by atoms with Gasteiger partial charge in [0.1, 0.15) is 5.69 Å². The molecule has 0 bridgehead atoms. The number of nitrogens with one attached hydrogen (secondary N) is 1. The van der Waals surface area contributed by atoms with Gasteiger partial charge >= 0.3 is 0 Å². The Bertz CT molecular complexity index is 531.